The lowest BCUT2D eigenvalue weighted by Crippen LogP contribution is -2.18. The molecule has 0 unspecified atom stereocenters. The topological polar surface area (TPSA) is 49.9 Å². The van der Waals surface area contributed by atoms with Crippen LogP contribution in [0.4, 0.5) is 13.2 Å². The Bertz CT molecular complexity index is 620. The van der Waals surface area contributed by atoms with E-state index in [0.717, 1.165) is 18.4 Å². The first-order valence-corrected chi connectivity index (χ1v) is 6.64. The number of hydrogen-bond donors (Lipinski definition) is 2. The second kappa shape index (κ2) is 5.40. The van der Waals surface area contributed by atoms with Crippen LogP contribution in [0.25, 0.3) is 11.3 Å². The van der Waals surface area contributed by atoms with Gasteiger partial charge < -0.3 is 10.1 Å². The van der Waals surface area contributed by atoms with Crippen LogP contribution in [0.15, 0.2) is 30.5 Å². The molecule has 1 heterocycles. The monoisotopic (exact) mass is 297 g/mol. The third-order valence-corrected chi connectivity index (χ3v) is 3.26. The fraction of sp³-hybridized carbons (Fsp3) is 0.357. The van der Waals surface area contributed by atoms with Crippen LogP contribution >= 0.6 is 0 Å². The molecule has 1 saturated carbocycles. The Kier molecular flexibility index (Phi) is 3.59. The maximum Gasteiger partial charge on any atom is 0.573 e. The molecule has 2 N–H and O–H groups in total. The molecule has 1 aliphatic rings. The summed E-state index contributed by atoms with van der Waals surface area (Å²) in [5.41, 5.74) is 1.71. The van der Waals surface area contributed by atoms with Crippen molar-refractivity contribution in [3.05, 3.63) is 36.0 Å². The van der Waals surface area contributed by atoms with Gasteiger partial charge in [0.25, 0.3) is 0 Å². The minimum atomic E-state index is -4.72. The first-order chi connectivity index (χ1) is 10.0. The lowest BCUT2D eigenvalue weighted by Gasteiger charge is -2.13. The molecule has 0 aliphatic heterocycles. The highest BCUT2D eigenvalue weighted by atomic mass is 19.4. The average molecular weight is 297 g/mol. The van der Waals surface area contributed by atoms with Crippen LogP contribution in [-0.4, -0.2) is 22.6 Å². The standard InChI is InChI=1S/C14H14F3N3O/c15-14(16,17)21-12-4-2-1-3-11(12)13-9(8-19-20-13)7-18-10-5-6-10/h1-4,8,10,18H,5-7H2,(H,19,20). The minimum Gasteiger partial charge on any atom is -0.405 e. The van der Waals surface area contributed by atoms with Gasteiger partial charge in [0.15, 0.2) is 0 Å². The van der Waals surface area contributed by atoms with Crippen molar-refractivity contribution >= 4 is 0 Å². The van der Waals surface area contributed by atoms with Crippen molar-refractivity contribution in [2.75, 3.05) is 0 Å². The van der Waals surface area contributed by atoms with E-state index in [2.05, 4.69) is 20.3 Å². The summed E-state index contributed by atoms with van der Waals surface area (Å²) in [5, 5.41) is 10.0. The molecule has 3 rings (SSSR count). The van der Waals surface area contributed by atoms with Crippen LogP contribution in [0, 0.1) is 0 Å². The van der Waals surface area contributed by atoms with Crippen LogP contribution in [-0.2, 0) is 6.54 Å². The number of H-pyrrole nitrogens is 1. The summed E-state index contributed by atoms with van der Waals surface area (Å²) in [6.45, 7) is 0.566. The summed E-state index contributed by atoms with van der Waals surface area (Å²) >= 11 is 0. The first kappa shape index (κ1) is 13.9. The Balaban J connectivity index is 1.87. The van der Waals surface area contributed by atoms with E-state index in [9.17, 15) is 13.2 Å². The number of para-hydroxylation sites is 1. The molecule has 0 saturated heterocycles. The molecular formula is C14H14F3N3O. The number of ether oxygens (including phenoxy) is 1. The zero-order valence-corrected chi connectivity index (χ0v) is 11.1. The van der Waals surface area contributed by atoms with Gasteiger partial charge in [-0.05, 0) is 25.0 Å². The summed E-state index contributed by atoms with van der Waals surface area (Å²) in [6.07, 6.45) is -0.820. The minimum absolute atomic E-state index is 0.234. The van der Waals surface area contributed by atoms with Crippen molar-refractivity contribution in [2.45, 2.75) is 31.8 Å². The van der Waals surface area contributed by atoms with E-state index in [1.807, 2.05) is 0 Å². The summed E-state index contributed by atoms with van der Waals surface area (Å²) < 4.78 is 41.5. The highest BCUT2D eigenvalue weighted by Crippen LogP contribution is 2.34. The number of rotatable bonds is 5. The molecule has 2 aromatic rings. The number of aromatic nitrogens is 2. The van der Waals surface area contributed by atoms with Gasteiger partial charge in [0.2, 0.25) is 0 Å². The average Bonchev–Trinajstić information content (AvgIpc) is 3.13. The SMILES string of the molecule is FC(F)(F)Oc1ccccc1-c1[nH]ncc1CNC1CC1. The fourth-order valence-electron chi connectivity index (χ4n) is 2.11. The summed E-state index contributed by atoms with van der Waals surface area (Å²) in [7, 11) is 0. The summed E-state index contributed by atoms with van der Waals surface area (Å²) in [5.74, 6) is -0.234. The second-order valence-corrected chi connectivity index (χ2v) is 4.97. The van der Waals surface area contributed by atoms with Gasteiger partial charge in [0.1, 0.15) is 5.75 Å². The molecule has 0 radical (unpaired) electrons. The quantitative estimate of drug-likeness (QED) is 0.891. The van der Waals surface area contributed by atoms with Gasteiger partial charge in [-0.2, -0.15) is 5.10 Å². The molecule has 1 aromatic heterocycles. The van der Waals surface area contributed by atoms with Crippen molar-refractivity contribution in [3.8, 4) is 17.0 Å². The van der Waals surface area contributed by atoms with E-state index in [1.165, 1.54) is 12.1 Å². The zero-order valence-electron chi connectivity index (χ0n) is 11.1. The van der Waals surface area contributed by atoms with E-state index in [1.54, 1.807) is 18.3 Å². The van der Waals surface area contributed by atoms with Crippen LogP contribution in [0.5, 0.6) is 5.75 Å². The Hall–Kier alpha value is -2.02. The largest absolute Gasteiger partial charge is 0.573 e. The highest BCUT2D eigenvalue weighted by molar-refractivity contribution is 5.69. The smallest absolute Gasteiger partial charge is 0.405 e. The Morgan fingerprint density at radius 3 is 2.76 bits per heavy atom. The van der Waals surface area contributed by atoms with Crippen LogP contribution in [0.3, 0.4) is 0 Å². The van der Waals surface area contributed by atoms with Crippen LogP contribution < -0.4 is 10.1 Å². The van der Waals surface area contributed by atoms with E-state index < -0.39 is 6.36 Å². The zero-order chi connectivity index (χ0) is 14.9. The number of benzene rings is 1. The third-order valence-electron chi connectivity index (χ3n) is 3.26. The second-order valence-electron chi connectivity index (χ2n) is 4.97. The molecular weight excluding hydrogens is 283 g/mol. The van der Waals surface area contributed by atoms with Crippen LogP contribution in [0.1, 0.15) is 18.4 Å². The molecule has 21 heavy (non-hydrogen) atoms. The molecule has 0 bridgehead atoms. The molecule has 0 amide bonds. The van der Waals surface area contributed by atoms with Gasteiger partial charge in [-0.3, -0.25) is 5.10 Å². The first-order valence-electron chi connectivity index (χ1n) is 6.64. The van der Waals surface area contributed by atoms with E-state index in [0.29, 0.717) is 23.8 Å². The normalized spacial score (nSPS) is 15.2. The van der Waals surface area contributed by atoms with Gasteiger partial charge in [-0.15, -0.1) is 13.2 Å². The van der Waals surface area contributed by atoms with Crippen molar-refractivity contribution < 1.29 is 17.9 Å². The fourth-order valence-corrected chi connectivity index (χ4v) is 2.11. The number of halogens is 3. The van der Waals surface area contributed by atoms with Crippen molar-refractivity contribution in [2.24, 2.45) is 0 Å². The molecule has 1 fully saturated rings. The maximum absolute atomic E-state index is 12.5. The predicted molar refractivity (Wildman–Crippen MR) is 70.6 cm³/mol. The number of aromatic amines is 1. The third kappa shape index (κ3) is 3.55. The highest BCUT2D eigenvalue weighted by Gasteiger charge is 2.32. The Morgan fingerprint density at radius 1 is 1.29 bits per heavy atom. The Labute approximate surface area is 119 Å². The van der Waals surface area contributed by atoms with Crippen molar-refractivity contribution in [1.29, 1.82) is 0 Å². The summed E-state index contributed by atoms with van der Waals surface area (Å²) in [6, 6.07) is 6.55. The molecule has 7 heteroatoms. The van der Waals surface area contributed by atoms with Crippen LogP contribution in [0.2, 0.25) is 0 Å². The molecule has 1 aromatic carbocycles. The van der Waals surface area contributed by atoms with Gasteiger partial charge in [0.05, 0.1) is 11.9 Å². The molecule has 1 aliphatic carbocycles. The lowest BCUT2D eigenvalue weighted by molar-refractivity contribution is -0.274. The Morgan fingerprint density at radius 2 is 2.05 bits per heavy atom. The molecule has 0 spiro atoms. The van der Waals surface area contributed by atoms with E-state index in [-0.39, 0.29) is 5.75 Å². The maximum atomic E-state index is 12.5. The molecule has 4 nitrogen and oxygen atoms in total. The van der Waals surface area contributed by atoms with E-state index >= 15 is 0 Å². The number of hydrogen-bond acceptors (Lipinski definition) is 3. The van der Waals surface area contributed by atoms with Crippen molar-refractivity contribution in [3.63, 3.8) is 0 Å². The predicted octanol–water partition coefficient (Wildman–Crippen LogP) is 3.23. The van der Waals surface area contributed by atoms with E-state index in [4.69, 9.17) is 0 Å². The number of nitrogens with one attached hydrogen (secondary N) is 2. The number of nitrogens with zero attached hydrogens (tertiary/aromatic N) is 1. The van der Waals surface area contributed by atoms with Gasteiger partial charge in [-0.1, -0.05) is 12.1 Å². The van der Waals surface area contributed by atoms with Gasteiger partial charge >= 0.3 is 6.36 Å². The summed E-state index contributed by atoms with van der Waals surface area (Å²) in [4.78, 5) is 0. The number of alkyl halides is 3. The van der Waals surface area contributed by atoms with Gasteiger partial charge in [-0.25, -0.2) is 0 Å². The van der Waals surface area contributed by atoms with Crippen molar-refractivity contribution in [1.82, 2.24) is 15.5 Å². The lowest BCUT2D eigenvalue weighted by atomic mass is 10.1. The van der Waals surface area contributed by atoms with Gasteiger partial charge in [0, 0.05) is 23.7 Å². The molecule has 0 atom stereocenters. The molecule has 112 valence electrons.